The molecule has 3 aromatic rings. The molecule has 2 amide bonds. The summed E-state index contributed by atoms with van der Waals surface area (Å²) in [7, 11) is 0.684. The van der Waals surface area contributed by atoms with Gasteiger partial charge in [0.1, 0.15) is 18.3 Å². The molecule has 8 heteroatoms. The van der Waals surface area contributed by atoms with Crippen molar-refractivity contribution >= 4 is 27.5 Å². The van der Waals surface area contributed by atoms with E-state index in [9.17, 15) is 14.4 Å². The number of nitrogens with zero attached hydrogens (tertiary/aromatic N) is 1. The Bertz CT molecular complexity index is 1170. The van der Waals surface area contributed by atoms with Gasteiger partial charge in [-0.15, -0.1) is 0 Å². The van der Waals surface area contributed by atoms with Crippen molar-refractivity contribution in [2.24, 2.45) is 0 Å². The molecule has 174 valence electrons. The molecule has 0 spiro atoms. The summed E-state index contributed by atoms with van der Waals surface area (Å²) in [4.78, 5) is 39.1. The fraction of sp³-hybridized carbons (Fsp3) is 0.240. The molecule has 1 unspecified atom stereocenters. The fourth-order valence-electron chi connectivity index (χ4n) is 3.21. The highest BCUT2D eigenvalue weighted by molar-refractivity contribution is 8.32. The third-order valence-electron chi connectivity index (χ3n) is 5.06. The lowest BCUT2D eigenvalue weighted by Gasteiger charge is -2.26. The van der Waals surface area contributed by atoms with E-state index in [4.69, 9.17) is 4.74 Å². The van der Waals surface area contributed by atoms with Crippen molar-refractivity contribution in [1.29, 1.82) is 0 Å². The first-order chi connectivity index (χ1) is 15.7. The molecule has 0 bridgehead atoms. The van der Waals surface area contributed by atoms with Crippen molar-refractivity contribution in [3.63, 3.8) is 0 Å². The van der Waals surface area contributed by atoms with Crippen LogP contribution in [-0.2, 0) is 16.1 Å². The molecule has 3 rings (SSSR count). The van der Waals surface area contributed by atoms with Crippen LogP contribution in [0.1, 0.15) is 11.6 Å². The molecule has 0 aliphatic carbocycles. The molecule has 1 aromatic heterocycles. The van der Waals surface area contributed by atoms with Gasteiger partial charge in [0.15, 0.2) is 0 Å². The molecule has 7 nitrogen and oxygen atoms in total. The minimum Gasteiger partial charge on any atom is -0.497 e. The number of nitrogens with one attached hydrogen (secondary N) is 2. The van der Waals surface area contributed by atoms with Gasteiger partial charge in [-0.25, -0.2) is 10.0 Å². The Labute approximate surface area is 195 Å². The van der Waals surface area contributed by atoms with Crippen LogP contribution in [0.25, 0.3) is 0 Å². The lowest BCUT2D eigenvalue weighted by molar-refractivity contribution is -0.127. The third kappa shape index (κ3) is 6.49. The standard InChI is InChI=1S/C25H29N3O4S/c1-32-20-12-8-18(9-13-20)24(27-22(29)17-28-16-6-5-7-23(28)30)25(31)26-19-10-14-21(15-11-19)33(2,3)4/h5-16,24H,17H2,1-4H3,(H,26,31)(H,27,29). The van der Waals surface area contributed by atoms with E-state index in [1.165, 1.54) is 21.7 Å². The first-order valence-electron chi connectivity index (χ1n) is 10.4. The van der Waals surface area contributed by atoms with Crippen LogP contribution in [-0.4, -0.2) is 42.3 Å². The molecule has 0 fully saturated rings. The number of carbonyl (C=O) groups is 2. The highest BCUT2D eigenvalue weighted by atomic mass is 32.3. The van der Waals surface area contributed by atoms with Gasteiger partial charge in [-0.3, -0.25) is 14.4 Å². The smallest absolute Gasteiger partial charge is 0.251 e. The van der Waals surface area contributed by atoms with E-state index < -0.39 is 22.0 Å². The third-order valence-corrected chi connectivity index (χ3v) is 6.74. The van der Waals surface area contributed by atoms with Crippen molar-refractivity contribution in [3.05, 3.63) is 88.8 Å². The zero-order valence-electron chi connectivity index (χ0n) is 19.2. The van der Waals surface area contributed by atoms with Crippen LogP contribution in [0.2, 0.25) is 0 Å². The molecule has 2 aromatic carbocycles. The summed E-state index contributed by atoms with van der Waals surface area (Å²) < 4.78 is 6.48. The summed E-state index contributed by atoms with van der Waals surface area (Å²) in [5.74, 6) is -0.198. The number of hydrogen-bond donors (Lipinski definition) is 2. The van der Waals surface area contributed by atoms with Crippen molar-refractivity contribution in [2.45, 2.75) is 17.5 Å². The zero-order chi connectivity index (χ0) is 24.0. The van der Waals surface area contributed by atoms with Crippen LogP contribution in [0, 0.1) is 0 Å². The number of rotatable bonds is 8. The maximum atomic E-state index is 13.2. The number of hydrogen-bond acceptors (Lipinski definition) is 4. The summed E-state index contributed by atoms with van der Waals surface area (Å²) in [6.07, 6.45) is 8.14. The highest BCUT2D eigenvalue weighted by Gasteiger charge is 2.23. The number of carbonyl (C=O) groups excluding carboxylic acids is 2. The molecule has 0 saturated heterocycles. The molecule has 0 aliphatic heterocycles. The second-order valence-electron chi connectivity index (χ2n) is 8.29. The zero-order valence-corrected chi connectivity index (χ0v) is 20.0. The van der Waals surface area contributed by atoms with E-state index in [0.29, 0.717) is 17.0 Å². The van der Waals surface area contributed by atoms with Gasteiger partial charge in [0.05, 0.1) is 7.11 Å². The Morgan fingerprint density at radius 2 is 1.64 bits per heavy atom. The number of aromatic nitrogens is 1. The van der Waals surface area contributed by atoms with E-state index >= 15 is 0 Å². The van der Waals surface area contributed by atoms with Crippen molar-refractivity contribution in [2.75, 3.05) is 31.2 Å². The van der Waals surface area contributed by atoms with Crippen molar-refractivity contribution in [1.82, 2.24) is 9.88 Å². The number of pyridine rings is 1. The Kier molecular flexibility index (Phi) is 7.60. The average molecular weight is 468 g/mol. The molecular weight excluding hydrogens is 438 g/mol. The van der Waals surface area contributed by atoms with Crippen LogP contribution < -0.4 is 20.9 Å². The van der Waals surface area contributed by atoms with Crippen LogP contribution in [0.5, 0.6) is 5.75 Å². The van der Waals surface area contributed by atoms with Gasteiger partial charge in [0.2, 0.25) is 5.91 Å². The lowest BCUT2D eigenvalue weighted by atomic mass is 10.1. The van der Waals surface area contributed by atoms with Crippen molar-refractivity contribution in [3.8, 4) is 5.75 Å². The van der Waals surface area contributed by atoms with E-state index in [1.807, 2.05) is 24.3 Å². The molecule has 33 heavy (non-hydrogen) atoms. The van der Waals surface area contributed by atoms with Crippen LogP contribution in [0.4, 0.5) is 5.69 Å². The molecular formula is C25H29N3O4S. The first kappa shape index (κ1) is 24.1. The number of ether oxygens (including phenoxy) is 1. The van der Waals surface area contributed by atoms with Crippen molar-refractivity contribution < 1.29 is 14.3 Å². The number of methoxy groups -OCH3 is 1. The minimum absolute atomic E-state index is 0.192. The summed E-state index contributed by atoms with van der Waals surface area (Å²) in [6.45, 7) is -0.192. The molecule has 0 aliphatic rings. The van der Waals surface area contributed by atoms with Crippen LogP contribution >= 0.6 is 10.0 Å². The number of anilines is 1. The largest absolute Gasteiger partial charge is 0.497 e. The Morgan fingerprint density at radius 1 is 0.970 bits per heavy atom. The Hall–Kier alpha value is -3.52. The summed E-state index contributed by atoms with van der Waals surface area (Å²) in [6, 6.07) is 18.4. The van der Waals surface area contributed by atoms with E-state index in [0.717, 1.165) is 0 Å². The van der Waals surface area contributed by atoms with Gasteiger partial charge in [-0.05, 0) is 71.7 Å². The van der Waals surface area contributed by atoms with Gasteiger partial charge in [0.25, 0.3) is 11.5 Å². The Morgan fingerprint density at radius 3 is 2.21 bits per heavy atom. The second kappa shape index (κ2) is 10.4. The van der Waals surface area contributed by atoms with E-state index in [1.54, 1.807) is 43.5 Å². The number of amides is 2. The van der Waals surface area contributed by atoms with Gasteiger partial charge in [-0.1, -0.05) is 18.2 Å². The summed E-state index contributed by atoms with van der Waals surface area (Å²) in [5.41, 5.74) is 0.941. The topological polar surface area (TPSA) is 89.4 Å². The van der Waals surface area contributed by atoms with Crippen LogP contribution in [0.3, 0.4) is 0 Å². The molecule has 1 atom stereocenters. The van der Waals surface area contributed by atoms with Gasteiger partial charge in [-0.2, -0.15) is 0 Å². The predicted octanol–water partition coefficient (Wildman–Crippen LogP) is 3.41. The molecule has 2 N–H and O–H groups in total. The molecule has 1 heterocycles. The Balaban J connectivity index is 1.81. The van der Waals surface area contributed by atoms with E-state index in [-0.39, 0.29) is 18.0 Å². The van der Waals surface area contributed by atoms with Gasteiger partial charge >= 0.3 is 0 Å². The SMILES string of the molecule is COc1ccc(C(NC(=O)Cn2ccccc2=O)C(=O)Nc2ccc(S(C)(C)C)cc2)cc1. The van der Waals surface area contributed by atoms with E-state index in [2.05, 4.69) is 29.4 Å². The number of benzene rings is 2. The van der Waals surface area contributed by atoms with Crippen LogP contribution in [0.15, 0.2) is 82.6 Å². The summed E-state index contributed by atoms with van der Waals surface area (Å²) >= 11 is 0. The molecule has 0 radical (unpaired) electrons. The lowest BCUT2D eigenvalue weighted by Crippen LogP contribution is -2.39. The summed E-state index contributed by atoms with van der Waals surface area (Å²) in [5, 5.41) is 5.64. The normalized spacial score (nSPS) is 12.5. The molecule has 0 saturated carbocycles. The maximum absolute atomic E-state index is 13.2. The minimum atomic E-state index is -0.948. The average Bonchev–Trinajstić information content (AvgIpc) is 2.79. The van der Waals surface area contributed by atoms with Gasteiger partial charge < -0.3 is 19.9 Å². The maximum Gasteiger partial charge on any atom is 0.251 e. The monoisotopic (exact) mass is 467 g/mol. The highest BCUT2D eigenvalue weighted by Crippen LogP contribution is 2.45. The second-order valence-corrected chi connectivity index (χ2v) is 12.4. The first-order valence-corrected chi connectivity index (χ1v) is 13.2. The quantitative estimate of drug-likeness (QED) is 0.531. The van der Waals surface area contributed by atoms with Gasteiger partial charge in [0, 0.05) is 18.0 Å². The predicted molar refractivity (Wildman–Crippen MR) is 133 cm³/mol. The fourth-order valence-corrected chi connectivity index (χ4v) is 4.16.